The van der Waals surface area contributed by atoms with Crippen molar-refractivity contribution in [3.63, 3.8) is 0 Å². The molecule has 0 spiro atoms. The molecule has 1 N–H and O–H groups in total. The van der Waals surface area contributed by atoms with Gasteiger partial charge in [0.15, 0.2) is 0 Å². The van der Waals surface area contributed by atoms with Gasteiger partial charge in [-0.25, -0.2) is 0 Å². The average Bonchev–Trinajstić information content (AvgIpc) is 2.09. The summed E-state index contributed by atoms with van der Waals surface area (Å²) in [6.45, 7) is 10.3. The second kappa shape index (κ2) is 4.80. The molecule has 0 saturated carbocycles. The first-order valence-electron chi connectivity index (χ1n) is 5.53. The number of nitrogens with one attached hydrogen (secondary N) is 1. The Labute approximate surface area is 82.6 Å². The Morgan fingerprint density at radius 1 is 1.23 bits per heavy atom. The van der Waals surface area contributed by atoms with E-state index < -0.39 is 0 Å². The predicted molar refractivity (Wildman–Crippen MR) is 58.9 cm³/mol. The third-order valence-corrected chi connectivity index (χ3v) is 3.23. The number of allylic oxidation sites excluding steroid dienone is 1. The summed E-state index contributed by atoms with van der Waals surface area (Å²) in [6, 6.07) is 0.726. The average molecular weight is 181 g/mol. The van der Waals surface area contributed by atoms with Crippen LogP contribution >= 0.6 is 0 Å². The zero-order chi connectivity index (χ0) is 9.84. The van der Waals surface area contributed by atoms with Crippen molar-refractivity contribution < 1.29 is 0 Å². The van der Waals surface area contributed by atoms with Crippen LogP contribution in [0.2, 0.25) is 0 Å². The second-order valence-corrected chi connectivity index (χ2v) is 4.51. The highest BCUT2D eigenvalue weighted by atomic mass is 14.9. The molecule has 0 fully saturated rings. The smallest absolute Gasteiger partial charge is 0.0133 e. The molecule has 0 heterocycles. The molecule has 1 nitrogen and oxygen atoms in total. The van der Waals surface area contributed by atoms with Gasteiger partial charge in [-0.2, -0.15) is 0 Å². The first-order chi connectivity index (χ1) is 6.15. The van der Waals surface area contributed by atoms with E-state index in [2.05, 4.69) is 33.0 Å². The SMILES string of the molecule is CCCNC1CC(C)=C(C)CC1C. The van der Waals surface area contributed by atoms with E-state index in [4.69, 9.17) is 0 Å². The minimum Gasteiger partial charge on any atom is -0.313 e. The maximum absolute atomic E-state index is 3.64. The van der Waals surface area contributed by atoms with Gasteiger partial charge >= 0.3 is 0 Å². The van der Waals surface area contributed by atoms with E-state index in [9.17, 15) is 0 Å². The zero-order valence-electron chi connectivity index (χ0n) is 9.48. The Morgan fingerprint density at radius 3 is 2.46 bits per heavy atom. The molecule has 2 atom stereocenters. The van der Waals surface area contributed by atoms with Crippen LogP contribution in [0, 0.1) is 5.92 Å². The topological polar surface area (TPSA) is 12.0 Å². The lowest BCUT2D eigenvalue weighted by Crippen LogP contribution is -2.38. The van der Waals surface area contributed by atoms with Crippen molar-refractivity contribution in [2.24, 2.45) is 5.92 Å². The molecule has 0 amide bonds. The highest BCUT2D eigenvalue weighted by molar-refractivity contribution is 5.16. The normalized spacial score (nSPS) is 29.5. The van der Waals surface area contributed by atoms with Crippen LogP contribution in [0.15, 0.2) is 11.1 Å². The van der Waals surface area contributed by atoms with E-state index in [0.717, 1.165) is 12.0 Å². The first-order valence-corrected chi connectivity index (χ1v) is 5.53. The predicted octanol–water partition coefficient (Wildman–Crippen LogP) is 3.12. The third-order valence-electron chi connectivity index (χ3n) is 3.23. The lowest BCUT2D eigenvalue weighted by Gasteiger charge is -2.31. The minimum atomic E-state index is 0.726. The van der Waals surface area contributed by atoms with Gasteiger partial charge in [0.1, 0.15) is 0 Å². The van der Waals surface area contributed by atoms with Crippen LogP contribution in [0.3, 0.4) is 0 Å². The summed E-state index contributed by atoms with van der Waals surface area (Å²) >= 11 is 0. The lowest BCUT2D eigenvalue weighted by atomic mass is 9.82. The highest BCUT2D eigenvalue weighted by Crippen LogP contribution is 2.28. The van der Waals surface area contributed by atoms with Crippen molar-refractivity contribution in [2.45, 2.75) is 53.0 Å². The van der Waals surface area contributed by atoms with E-state index in [-0.39, 0.29) is 0 Å². The molecule has 1 rings (SSSR count). The number of hydrogen-bond acceptors (Lipinski definition) is 1. The molecule has 1 aliphatic carbocycles. The van der Waals surface area contributed by atoms with E-state index >= 15 is 0 Å². The minimum absolute atomic E-state index is 0.726. The Kier molecular flexibility index (Phi) is 3.98. The molecule has 1 aliphatic rings. The maximum Gasteiger partial charge on any atom is 0.0133 e. The standard InChI is InChI=1S/C12H23N/c1-5-6-13-12-8-10(3)9(2)7-11(12)4/h11-13H,5-8H2,1-4H3. The van der Waals surface area contributed by atoms with Gasteiger partial charge in [-0.1, -0.05) is 25.0 Å². The number of rotatable bonds is 3. The quantitative estimate of drug-likeness (QED) is 0.660. The Bertz CT molecular complexity index is 193. The van der Waals surface area contributed by atoms with Gasteiger partial charge in [-0.3, -0.25) is 0 Å². The Balaban J connectivity index is 2.49. The monoisotopic (exact) mass is 181 g/mol. The van der Waals surface area contributed by atoms with E-state index in [1.807, 2.05) is 0 Å². The summed E-state index contributed by atoms with van der Waals surface area (Å²) < 4.78 is 0. The lowest BCUT2D eigenvalue weighted by molar-refractivity contribution is 0.351. The van der Waals surface area contributed by atoms with E-state index in [0.29, 0.717) is 0 Å². The Hall–Kier alpha value is -0.300. The van der Waals surface area contributed by atoms with Crippen molar-refractivity contribution in [3.05, 3.63) is 11.1 Å². The highest BCUT2D eigenvalue weighted by Gasteiger charge is 2.22. The first kappa shape index (κ1) is 10.8. The molecule has 76 valence electrons. The van der Waals surface area contributed by atoms with Crippen molar-refractivity contribution in [2.75, 3.05) is 6.54 Å². The molecular formula is C12H23N. The largest absolute Gasteiger partial charge is 0.313 e. The van der Waals surface area contributed by atoms with Crippen LogP contribution in [0.4, 0.5) is 0 Å². The van der Waals surface area contributed by atoms with Crippen LogP contribution < -0.4 is 5.32 Å². The summed E-state index contributed by atoms with van der Waals surface area (Å²) in [5.41, 5.74) is 3.22. The van der Waals surface area contributed by atoms with Crippen molar-refractivity contribution >= 4 is 0 Å². The molecule has 13 heavy (non-hydrogen) atoms. The molecule has 2 unspecified atom stereocenters. The van der Waals surface area contributed by atoms with Crippen LogP contribution in [-0.4, -0.2) is 12.6 Å². The van der Waals surface area contributed by atoms with Crippen LogP contribution in [0.25, 0.3) is 0 Å². The van der Waals surface area contributed by atoms with E-state index in [1.165, 1.54) is 25.8 Å². The molecule has 1 heteroatoms. The van der Waals surface area contributed by atoms with Gasteiger partial charge in [-0.15, -0.1) is 0 Å². The van der Waals surface area contributed by atoms with Crippen molar-refractivity contribution in [3.8, 4) is 0 Å². The summed E-state index contributed by atoms with van der Waals surface area (Å²) in [7, 11) is 0. The molecule has 0 bridgehead atoms. The molecule has 0 aliphatic heterocycles. The van der Waals surface area contributed by atoms with Crippen LogP contribution in [0.1, 0.15) is 47.0 Å². The van der Waals surface area contributed by atoms with Gasteiger partial charge in [-0.05, 0) is 45.6 Å². The molecular weight excluding hydrogens is 158 g/mol. The van der Waals surface area contributed by atoms with Gasteiger partial charge in [0.05, 0.1) is 0 Å². The van der Waals surface area contributed by atoms with Crippen LogP contribution in [0.5, 0.6) is 0 Å². The molecule has 0 aromatic heterocycles. The second-order valence-electron chi connectivity index (χ2n) is 4.51. The summed E-state index contributed by atoms with van der Waals surface area (Å²) in [5, 5.41) is 3.64. The zero-order valence-corrected chi connectivity index (χ0v) is 9.48. The van der Waals surface area contributed by atoms with Gasteiger partial charge in [0.2, 0.25) is 0 Å². The van der Waals surface area contributed by atoms with E-state index in [1.54, 1.807) is 11.1 Å². The fraction of sp³-hybridized carbons (Fsp3) is 0.833. The third kappa shape index (κ3) is 2.84. The van der Waals surface area contributed by atoms with Gasteiger partial charge in [0.25, 0.3) is 0 Å². The summed E-state index contributed by atoms with van der Waals surface area (Å²) in [4.78, 5) is 0. The maximum atomic E-state index is 3.64. The van der Waals surface area contributed by atoms with Gasteiger partial charge in [0, 0.05) is 6.04 Å². The molecule has 0 saturated heterocycles. The van der Waals surface area contributed by atoms with Crippen LogP contribution in [-0.2, 0) is 0 Å². The fourth-order valence-corrected chi connectivity index (χ4v) is 2.11. The molecule has 0 aromatic carbocycles. The summed E-state index contributed by atoms with van der Waals surface area (Å²) in [6.07, 6.45) is 3.78. The number of hydrogen-bond donors (Lipinski definition) is 1. The van der Waals surface area contributed by atoms with Crippen molar-refractivity contribution in [1.29, 1.82) is 0 Å². The fourth-order valence-electron chi connectivity index (χ4n) is 2.11. The van der Waals surface area contributed by atoms with Crippen molar-refractivity contribution in [1.82, 2.24) is 5.32 Å². The molecule has 0 radical (unpaired) electrons. The summed E-state index contributed by atoms with van der Waals surface area (Å²) in [5.74, 6) is 0.815. The molecule has 0 aromatic rings. The Morgan fingerprint density at radius 2 is 1.85 bits per heavy atom. The van der Waals surface area contributed by atoms with Gasteiger partial charge < -0.3 is 5.32 Å².